The first kappa shape index (κ1) is 17.4. The fourth-order valence-corrected chi connectivity index (χ4v) is 4.76. The number of carbonyl (C=O) groups is 2. The zero-order valence-electron chi connectivity index (χ0n) is 15.2. The fraction of sp³-hybridized carbons (Fsp3) is 0.217. The molecule has 1 aliphatic heterocycles. The molecule has 0 aromatic heterocycles. The van der Waals surface area contributed by atoms with Crippen LogP contribution in [-0.4, -0.2) is 18.4 Å². The largest absolute Gasteiger partial charge is 0.325 e. The minimum Gasteiger partial charge on any atom is -0.325 e. The minimum absolute atomic E-state index is 0.00553. The number of hydrogen-bond donors (Lipinski definition) is 1. The van der Waals surface area contributed by atoms with Crippen molar-refractivity contribution in [1.82, 2.24) is 0 Å². The van der Waals surface area contributed by atoms with E-state index in [0.717, 1.165) is 34.1 Å². The molecule has 0 saturated carbocycles. The van der Waals surface area contributed by atoms with Crippen LogP contribution in [0.4, 0.5) is 11.4 Å². The first-order chi connectivity index (χ1) is 13.6. The van der Waals surface area contributed by atoms with Gasteiger partial charge in [0.25, 0.3) is 0 Å². The molecule has 140 valence electrons. The van der Waals surface area contributed by atoms with Crippen LogP contribution >= 0.6 is 15.9 Å². The Kier molecular flexibility index (Phi) is 4.20. The van der Waals surface area contributed by atoms with Gasteiger partial charge >= 0.3 is 0 Å². The van der Waals surface area contributed by atoms with Crippen LogP contribution in [0.25, 0.3) is 10.8 Å². The van der Waals surface area contributed by atoms with E-state index in [0.29, 0.717) is 6.54 Å². The van der Waals surface area contributed by atoms with Gasteiger partial charge in [0.2, 0.25) is 11.8 Å². The number of nitrogens with one attached hydrogen (secondary N) is 1. The molecule has 1 saturated heterocycles. The highest BCUT2D eigenvalue weighted by Crippen LogP contribution is 2.38. The Hall–Kier alpha value is -2.66. The number of aryl methyl sites for hydroxylation is 2. The van der Waals surface area contributed by atoms with E-state index in [1.165, 1.54) is 16.5 Å². The van der Waals surface area contributed by atoms with Crippen LogP contribution in [0, 0.1) is 5.92 Å². The number of benzene rings is 3. The third-order valence-corrected chi connectivity index (χ3v) is 6.46. The van der Waals surface area contributed by atoms with Crippen molar-refractivity contribution in [2.75, 3.05) is 16.8 Å². The molecule has 0 radical (unpaired) electrons. The van der Waals surface area contributed by atoms with Crippen LogP contribution in [0.2, 0.25) is 0 Å². The van der Waals surface area contributed by atoms with Gasteiger partial charge in [-0.25, -0.2) is 0 Å². The van der Waals surface area contributed by atoms with Gasteiger partial charge in [0.05, 0.1) is 17.3 Å². The molecule has 5 rings (SSSR count). The Labute approximate surface area is 171 Å². The highest BCUT2D eigenvalue weighted by molar-refractivity contribution is 9.10. The number of amides is 2. The third-order valence-electron chi connectivity index (χ3n) is 5.77. The predicted molar refractivity (Wildman–Crippen MR) is 115 cm³/mol. The molecule has 1 N–H and O–H groups in total. The summed E-state index contributed by atoms with van der Waals surface area (Å²) in [6.07, 6.45) is 2.35. The number of nitrogens with zero attached hydrogens (tertiary/aromatic N) is 1. The molecular formula is C23H19BrN2O2. The Bertz CT molecular complexity index is 1110. The number of halogens is 1. The lowest BCUT2D eigenvalue weighted by atomic mass is 10.0. The van der Waals surface area contributed by atoms with E-state index in [1.54, 1.807) is 4.90 Å². The number of rotatable bonds is 3. The van der Waals surface area contributed by atoms with Gasteiger partial charge < -0.3 is 10.2 Å². The van der Waals surface area contributed by atoms with Crippen molar-refractivity contribution >= 4 is 49.9 Å². The second-order valence-corrected chi connectivity index (χ2v) is 8.31. The molecule has 0 spiro atoms. The van der Waals surface area contributed by atoms with E-state index in [2.05, 4.69) is 45.5 Å². The molecule has 28 heavy (non-hydrogen) atoms. The third kappa shape index (κ3) is 2.81. The van der Waals surface area contributed by atoms with E-state index < -0.39 is 0 Å². The van der Waals surface area contributed by atoms with E-state index in [1.807, 2.05) is 30.3 Å². The predicted octanol–water partition coefficient (Wildman–Crippen LogP) is 4.69. The minimum atomic E-state index is -0.359. The molecule has 5 heteroatoms. The summed E-state index contributed by atoms with van der Waals surface area (Å²) >= 11 is 3.45. The van der Waals surface area contributed by atoms with Gasteiger partial charge in [0.1, 0.15) is 0 Å². The average Bonchev–Trinajstić information content (AvgIpc) is 3.29. The molecule has 1 heterocycles. The van der Waals surface area contributed by atoms with Crippen LogP contribution in [0.3, 0.4) is 0 Å². The second-order valence-electron chi connectivity index (χ2n) is 7.46. The van der Waals surface area contributed by atoms with Crippen LogP contribution in [0.15, 0.2) is 59.1 Å². The molecule has 1 aliphatic carbocycles. The van der Waals surface area contributed by atoms with E-state index in [4.69, 9.17) is 0 Å². The quantitative estimate of drug-likeness (QED) is 0.649. The summed E-state index contributed by atoms with van der Waals surface area (Å²) < 4.78 is 0.831. The summed E-state index contributed by atoms with van der Waals surface area (Å²) in [6.45, 7) is 0.411. The van der Waals surface area contributed by atoms with Crippen molar-refractivity contribution in [1.29, 1.82) is 0 Å². The monoisotopic (exact) mass is 434 g/mol. The SMILES string of the molecule is O=C(Nc1ccccc1Br)[C@@H]1CC(=O)N(c2ccc3c4c(cccc24)CC3)C1. The first-order valence-electron chi connectivity index (χ1n) is 9.51. The standard InChI is InChI=1S/C23H19BrN2O2/c24-18-6-1-2-7-19(18)25-23(28)16-12-21(27)26(13-16)20-11-10-15-9-8-14-4-3-5-17(20)22(14)15/h1-7,10-11,16H,8-9,12-13H2,(H,25,28)/t16-/m1/s1. The number of anilines is 2. The first-order valence-corrected chi connectivity index (χ1v) is 10.3. The summed E-state index contributed by atoms with van der Waals surface area (Å²) in [4.78, 5) is 27.3. The summed E-state index contributed by atoms with van der Waals surface area (Å²) in [6, 6.07) is 18.0. The van der Waals surface area contributed by atoms with Crippen LogP contribution < -0.4 is 10.2 Å². The molecule has 4 nitrogen and oxygen atoms in total. The Morgan fingerprint density at radius 2 is 1.79 bits per heavy atom. The molecule has 0 unspecified atom stereocenters. The molecule has 1 atom stereocenters. The highest BCUT2D eigenvalue weighted by atomic mass is 79.9. The van der Waals surface area contributed by atoms with Crippen molar-refractivity contribution < 1.29 is 9.59 Å². The van der Waals surface area contributed by atoms with Crippen LogP contribution in [-0.2, 0) is 22.4 Å². The summed E-state index contributed by atoms with van der Waals surface area (Å²) in [7, 11) is 0. The normalized spacial score (nSPS) is 18.1. The highest BCUT2D eigenvalue weighted by Gasteiger charge is 2.36. The van der Waals surface area contributed by atoms with Crippen molar-refractivity contribution in [3.8, 4) is 0 Å². The van der Waals surface area contributed by atoms with Crippen molar-refractivity contribution in [3.05, 3.63) is 70.2 Å². The topological polar surface area (TPSA) is 49.4 Å². The molecule has 2 aliphatic rings. The maximum atomic E-state index is 12.8. The molecule has 0 bridgehead atoms. The van der Waals surface area contributed by atoms with Gasteiger partial charge in [-0.15, -0.1) is 0 Å². The number of para-hydroxylation sites is 1. The maximum Gasteiger partial charge on any atom is 0.229 e. The Morgan fingerprint density at radius 3 is 2.61 bits per heavy atom. The lowest BCUT2D eigenvalue weighted by molar-refractivity contribution is -0.122. The van der Waals surface area contributed by atoms with Crippen molar-refractivity contribution in [3.63, 3.8) is 0 Å². The van der Waals surface area contributed by atoms with E-state index in [-0.39, 0.29) is 24.2 Å². The average molecular weight is 435 g/mol. The molecule has 1 fully saturated rings. The smallest absolute Gasteiger partial charge is 0.229 e. The second kappa shape index (κ2) is 6.74. The van der Waals surface area contributed by atoms with Gasteiger partial charge in [-0.3, -0.25) is 9.59 Å². The van der Waals surface area contributed by atoms with Gasteiger partial charge in [-0.1, -0.05) is 36.4 Å². The Morgan fingerprint density at radius 1 is 1.00 bits per heavy atom. The molecule has 2 amide bonds. The van der Waals surface area contributed by atoms with Gasteiger partial charge in [-0.05, 0) is 63.5 Å². The van der Waals surface area contributed by atoms with Crippen molar-refractivity contribution in [2.24, 2.45) is 5.92 Å². The summed E-state index contributed by atoms with van der Waals surface area (Å²) in [5, 5.41) is 5.35. The molecule has 3 aromatic rings. The molecule has 3 aromatic carbocycles. The molecular weight excluding hydrogens is 416 g/mol. The summed E-state index contributed by atoms with van der Waals surface area (Å²) in [5.41, 5.74) is 4.35. The van der Waals surface area contributed by atoms with Gasteiger partial charge in [0.15, 0.2) is 0 Å². The number of carbonyl (C=O) groups excluding carboxylic acids is 2. The lowest BCUT2D eigenvalue weighted by Crippen LogP contribution is -2.28. The fourth-order valence-electron chi connectivity index (χ4n) is 4.38. The Balaban J connectivity index is 1.43. The zero-order valence-corrected chi connectivity index (χ0v) is 16.8. The van der Waals surface area contributed by atoms with Crippen LogP contribution in [0.5, 0.6) is 0 Å². The zero-order chi connectivity index (χ0) is 19.3. The van der Waals surface area contributed by atoms with Gasteiger partial charge in [-0.2, -0.15) is 0 Å². The maximum absolute atomic E-state index is 12.8. The number of hydrogen-bond acceptors (Lipinski definition) is 2. The van der Waals surface area contributed by atoms with E-state index >= 15 is 0 Å². The summed E-state index contributed by atoms with van der Waals surface area (Å²) in [5.74, 6) is -0.470. The van der Waals surface area contributed by atoms with Gasteiger partial charge in [0, 0.05) is 22.8 Å². The van der Waals surface area contributed by atoms with E-state index in [9.17, 15) is 9.59 Å². The lowest BCUT2D eigenvalue weighted by Gasteiger charge is -2.20. The van der Waals surface area contributed by atoms with Crippen molar-refractivity contribution in [2.45, 2.75) is 19.3 Å². The van der Waals surface area contributed by atoms with Crippen LogP contribution in [0.1, 0.15) is 17.5 Å².